The number of pyridine rings is 1. The van der Waals surface area contributed by atoms with E-state index in [9.17, 15) is 4.79 Å². The van der Waals surface area contributed by atoms with E-state index < -0.39 is 0 Å². The van der Waals surface area contributed by atoms with Crippen LogP contribution >= 0.6 is 11.6 Å². The molecule has 2 aromatic heterocycles. The third-order valence-electron chi connectivity index (χ3n) is 4.96. The molecule has 2 heterocycles. The van der Waals surface area contributed by atoms with Crippen LogP contribution in [0.3, 0.4) is 0 Å². The summed E-state index contributed by atoms with van der Waals surface area (Å²) in [6.45, 7) is 0.626. The summed E-state index contributed by atoms with van der Waals surface area (Å²) < 4.78 is 1.58. The minimum atomic E-state index is -0.237. The number of carbonyl (C=O) groups excluding carboxylic acids is 1. The minimum Gasteiger partial charge on any atom is -0.332 e. The third kappa shape index (κ3) is 4.69. The summed E-state index contributed by atoms with van der Waals surface area (Å²) in [5.74, 6) is -0.237. The quantitative estimate of drug-likeness (QED) is 0.397. The second kappa shape index (κ2) is 9.90. The molecule has 0 bridgehead atoms. The number of rotatable bonds is 7. The van der Waals surface area contributed by atoms with Crippen molar-refractivity contribution in [1.82, 2.24) is 19.7 Å². The molecular formula is C25H20ClN5O. The molecule has 7 heteroatoms. The summed E-state index contributed by atoms with van der Waals surface area (Å²) in [5.41, 5.74) is 3.42. The summed E-state index contributed by atoms with van der Waals surface area (Å²) in [6.07, 6.45) is 3.62. The van der Waals surface area contributed by atoms with Crippen molar-refractivity contribution in [3.63, 3.8) is 0 Å². The average molecular weight is 442 g/mol. The highest BCUT2D eigenvalue weighted by Crippen LogP contribution is 2.26. The van der Waals surface area contributed by atoms with Gasteiger partial charge in [0.15, 0.2) is 0 Å². The first-order valence-electron chi connectivity index (χ1n) is 10.1. The van der Waals surface area contributed by atoms with Gasteiger partial charge in [-0.3, -0.25) is 9.78 Å². The lowest BCUT2D eigenvalue weighted by atomic mass is 10.1. The van der Waals surface area contributed by atoms with E-state index in [-0.39, 0.29) is 12.3 Å². The van der Waals surface area contributed by atoms with Crippen molar-refractivity contribution in [2.45, 2.75) is 13.0 Å². The van der Waals surface area contributed by atoms with E-state index in [0.717, 1.165) is 11.1 Å². The van der Waals surface area contributed by atoms with Crippen LogP contribution < -0.4 is 0 Å². The molecule has 0 spiro atoms. The standard InChI is InChI=1S/C25H20ClN5O/c26-21-11-4-5-12-23(21)31-24(16-22(29-31)20-9-2-1-3-10-20)25(32)30(15-7-13-27)18-19-8-6-14-28-17-19/h1-6,8-12,14,16-17H,7,15,18H2. The number of carbonyl (C=O) groups is 1. The largest absolute Gasteiger partial charge is 0.332 e. The summed E-state index contributed by atoms with van der Waals surface area (Å²) in [7, 11) is 0. The molecule has 6 nitrogen and oxygen atoms in total. The van der Waals surface area contributed by atoms with E-state index in [4.69, 9.17) is 22.0 Å². The van der Waals surface area contributed by atoms with Gasteiger partial charge < -0.3 is 4.90 Å². The first-order valence-corrected chi connectivity index (χ1v) is 10.5. The molecule has 0 radical (unpaired) electrons. The topological polar surface area (TPSA) is 74.8 Å². The highest BCUT2D eigenvalue weighted by Gasteiger charge is 2.24. The van der Waals surface area contributed by atoms with Crippen molar-refractivity contribution in [1.29, 1.82) is 5.26 Å². The number of hydrogen-bond acceptors (Lipinski definition) is 4. The second-order valence-corrected chi connectivity index (χ2v) is 7.55. The lowest BCUT2D eigenvalue weighted by Crippen LogP contribution is -2.33. The highest BCUT2D eigenvalue weighted by molar-refractivity contribution is 6.32. The second-order valence-electron chi connectivity index (χ2n) is 7.14. The van der Waals surface area contributed by atoms with E-state index in [1.165, 1.54) is 0 Å². The van der Waals surface area contributed by atoms with Gasteiger partial charge in [0, 0.05) is 31.0 Å². The first kappa shape index (κ1) is 21.3. The Balaban J connectivity index is 1.78. The van der Waals surface area contributed by atoms with E-state index in [0.29, 0.717) is 35.2 Å². The van der Waals surface area contributed by atoms with E-state index in [1.807, 2.05) is 60.7 Å². The van der Waals surface area contributed by atoms with Crippen molar-refractivity contribution in [2.24, 2.45) is 0 Å². The fourth-order valence-corrected chi connectivity index (χ4v) is 3.62. The van der Waals surface area contributed by atoms with Crippen LogP contribution in [0.15, 0.2) is 85.2 Å². The molecule has 0 aliphatic heterocycles. The number of aromatic nitrogens is 3. The van der Waals surface area contributed by atoms with Gasteiger partial charge >= 0.3 is 0 Å². The van der Waals surface area contributed by atoms with Crippen molar-refractivity contribution in [3.05, 3.63) is 101 Å². The Kier molecular flexibility index (Phi) is 6.59. The van der Waals surface area contributed by atoms with Gasteiger partial charge in [-0.05, 0) is 29.8 Å². The molecule has 0 atom stereocenters. The summed E-state index contributed by atoms with van der Waals surface area (Å²) in [4.78, 5) is 19.5. The van der Waals surface area contributed by atoms with Crippen LogP contribution in [-0.4, -0.2) is 32.1 Å². The SMILES string of the molecule is N#CCCN(Cc1cccnc1)C(=O)c1cc(-c2ccccc2)nn1-c1ccccc1Cl. The van der Waals surface area contributed by atoms with Crippen molar-refractivity contribution in [3.8, 4) is 23.0 Å². The van der Waals surface area contributed by atoms with Crippen LogP contribution in [-0.2, 0) is 6.54 Å². The average Bonchev–Trinajstić information content (AvgIpc) is 3.28. The summed E-state index contributed by atoms with van der Waals surface area (Å²) >= 11 is 6.45. The lowest BCUT2D eigenvalue weighted by molar-refractivity contribution is 0.0737. The van der Waals surface area contributed by atoms with Crippen molar-refractivity contribution >= 4 is 17.5 Å². The molecule has 0 N–H and O–H groups in total. The van der Waals surface area contributed by atoms with Gasteiger partial charge in [-0.25, -0.2) is 4.68 Å². The van der Waals surface area contributed by atoms with Gasteiger partial charge in [-0.2, -0.15) is 10.4 Å². The minimum absolute atomic E-state index is 0.220. The Morgan fingerprint density at radius 3 is 2.56 bits per heavy atom. The molecule has 0 saturated carbocycles. The maximum atomic E-state index is 13.7. The monoisotopic (exact) mass is 441 g/mol. The van der Waals surface area contributed by atoms with Crippen LogP contribution in [0.2, 0.25) is 5.02 Å². The summed E-state index contributed by atoms with van der Waals surface area (Å²) in [5, 5.41) is 14.3. The number of hydrogen-bond donors (Lipinski definition) is 0. The smallest absolute Gasteiger partial charge is 0.272 e. The number of nitriles is 1. The van der Waals surface area contributed by atoms with Crippen LogP contribution in [0.1, 0.15) is 22.5 Å². The molecule has 2 aromatic carbocycles. The number of para-hydroxylation sites is 1. The molecular weight excluding hydrogens is 422 g/mol. The zero-order valence-electron chi connectivity index (χ0n) is 17.2. The predicted molar refractivity (Wildman–Crippen MR) is 123 cm³/mol. The molecule has 4 aromatic rings. The lowest BCUT2D eigenvalue weighted by Gasteiger charge is -2.22. The Bertz CT molecular complexity index is 1250. The Hall–Kier alpha value is -3.95. The zero-order valence-corrected chi connectivity index (χ0v) is 18.0. The predicted octanol–water partition coefficient (Wildman–Crippen LogP) is 5.14. The number of halogens is 1. The van der Waals surface area contributed by atoms with Gasteiger partial charge in [-0.1, -0.05) is 60.1 Å². The molecule has 32 heavy (non-hydrogen) atoms. The Labute approximate surface area is 191 Å². The normalized spacial score (nSPS) is 10.5. The van der Waals surface area contributed by atoms with E-state index in [1.54, 1.807) is 34.1 Å². The molecule has 158 valence electrons. The molecule has 0 saturated heterocycles. The fourth-order valence-electron chi connectivity index (χ4n) is 3.40. The maximum absolute atomic E-state index is 13.7. The molecule has 0 aliphatic rings. The molecule has 0 fully saturated rings. The molecule has 4 rings (SSSR count). The first-order chi connectivity index (χ1) is 15.7. The molecule has 0 aliphatic carbocycles. The molecule has 0 unspecified atom stereocenters. The zero-order chi connectivity index (χ0) is 22.3. The van der Waals surface area contributed by atoms with Crippen molar-refractivity contribution in [2.75, 3.05) is 6.54 Å². The van der Waals surface area contributed by atoms with E-state index >= 15 is 0 Å². The van der Waals surface area contributed by atoms with Crippen LogP contribution in [0.25, 0.3) is 16.9 Å². The number of benzene rings is 2. The van der Waals surface area contributed by atoms with Gasteiger partial charge in [0.2, 0.25) is 0 Å². The third-order valence-corrected chi connectivity index (χ3v) is 5.28. The van der Waals surface area contributed by atoms with E-state index in [2.05, 4.69) is 11.1 Å². The Morgan fingerprint density at radius 2 is 1.84 bits per heavy atom. The van der Waals surface area contributed by atoms with Crippen LogP contribution in [0, 0.1) is 11.3 Å². The van der Waals surface area contributed by atoms with Gasteiger partial charge in [0.1, 0.15) is 5.69 Å². The Morgan fingerprint density at radius 1 is 1.06 bits per heavy atom. The number of amides is 1. The van der Waals surface area contributed by atoms with Crippen molar-refractivity contribution < 1.29 is 4.79 Å². The highest BCUT2D eigenvalue weighted by atomic mass is 35.5. The van der Waals surface area contributed by atoms with Gasteiger partial charge in [0.25, 0.3) is 5.91 Å². The fraction of sp³-hybridized carbons (Fsp3) is 0.120. The van der Waals surface area contributed by atoms with Gasteiger partial charge in [0.05, 0.1) is 28.9 Å². The van der Waals surface area contributed by atoms with Crippen LogP contribution in [0.5, 0.6) is 0 Å². The molecule has 1 amide bonds. The number of nitrogens with zero attached hydrogens (tertiary/aromatic N) is 5. The van der Waals surface area contributed by atoms with Crippen LogP contribution in [0.4, 0.5) is 0 Å². The van der Waals surface area contributed by atoms with Gasteiger partial charge in [-0.15, -0.1) is 0 Å². The maximum Gasteiger partial charge on any atom is 0.272 e. The summed E-state index contributed by atoms with van der Waals surface area (Å²) in [6, 6.07) is 24.5.